The van der Waals surface area contributed by atoms with Crippen LogP contribution in [0.2, 0.25) is 0 Å². The van der Waals surface area contributed by atoms with Gasteiger partial charge < -0.3 is 10.2 Å². The molecule has 31 heavy (non-hydrogen) atoms. The van der Waals surface area contributed by atoms with E-state index in [0.717, 1.165) is 0 Å². The first-order valence-electron chi connectivity index (χ1n) is 9.32. The van der Waals surface area contributed by atoms with Crippen LogP contribution in [-0.2, 0) is 4.79 Å². The van der Waals surface area contributed by atoms with Gasteiger partial charge in [0.2, 0.25) is 0 Å². The van der Waals surface area contributed by atoms with Crippen LogP contribution in [0, 0.1) is 20.2 Å². The number of likely N-dealkylation sites (tertiary alicyclic amines) is 1. The van der Waals surface area contributed by atoms with E-state index in [-0.39, 0.29) is 5.78 Å². The molecule has 2 N–H and O–H groups in total. The van der Waals surface area contributed by atoms with E-state index < -0.39 is 32.7 Å². The molecule has 10 heteroatoms. The number of carbonyl (C=O) groups excluding carboxylic acids is 1. The summed E-state index contributed by atoms with van der Waals surface area (Å²) < 4.78 is 0. The minimum atomic E-state index is -0.697. The number of rotatable bonds is 5. The molecule has 1 fully saturated rings. The van der Waals surface area contributed by atoms with Gasteiger partial charge in [-0.3, -0.25) is 29.9 Å². The van der Waals surface area contributed by atoms with Crippen molar-refractivity contribution in [2.45, 2.75) is 6.92 Å². The van der Waals surface area contributed by atoms with Gasteiger partial charge in [0.25, 0.3) is 0 Å². The largest absolute Gasteiger partial charge is 0.502 e. The first kappa shape index (κ1) is 21.7. The zero-order valence-electron chi connectivity index (χ0n) is 16.5. The number of ketones is 1. The third-order valence-corrected chi connectivity index (χ3v) is 4.89. The summed E-state index contributed by atoms with van der Waals surface area (Å²) in [5.74, 6) is -1.24. The van der Waals surface area contributed by atoms with E-state index in [2.05, 4.69) is 0 Å². The fraction of sp³-hybridized carbons (Fsp3) is 0.190. The molecule has 0 radical (unpaired) electrons. The smallest absolute Gasteiger partial charge is 0.310 e. The molecule has 0 aromatic heterocycles. The van der Waals surface area contributed by atoms with E-state index in [1.807, 2.05) is 11.8 Å². The molecule has 1 aliphatic heterocycles. The zero-order chi connectivity index (χ0) is 22.7. The number of nitro groups is 2. The number of benzene rings is 2. The Labute approximate surface area is 176 Å². The van der Waals surface area contributed by atoms with Crippen LogP contribution in [0.15, 0.2) is 47.5 Å². The fourth-order valence-electron chi connectivity index (χ4n) is 3.31. The summed E-state index contributed by atoms with van der Waals surface area (Å²) in [6, 6.07) is 7.68. The highest BCUT2D eigenvalue weighted by molar-refractivity contribution is 6.14. The Morgan fingerprint density at radius 2 is 1.32 bits per heavy atom. The Bertz CT molecular complexity index is 1050. The summed E-state index contributed by atoms with van der Waals surface area (Å²) >= 11 is 0. The number of likely N-dealkylation sites (N-methyl/N-ethyl adjacent to an activating group) is 1. The molecule has 0 amide bonds. The summed E-state index contributed by atoms with van der Waals surface area (Å²) in [6.07, 6.45) is 3.13. The van der Waals surface area contributed by atoms with Gasteiger partial charge in [-0.15, -0.1) is 0 Å². The third-order valence-electron chi connectivity index (χ3n) is 4.89. The highest BCUT2D eigenvalue weighted by atomic mass is 16.6. The standard InChI is InChI=1S/C21H19N3O7/c1-2-22-11-15(7-13-3-5-17(23(28)29)19(25)9-13)21(27)16(12-22)8-14-4-6-18(24(30)31)20(26)10-14/h3-10,25-26H,2,11-12H2,1H3/b15-7+,16-8+. The molecule has 10 nitrogen and oxygen atoms in total. The number of piperidine rings is 1. The van der Waals surface area contributed by atoms with Crippen LogP contribution in [0.3, 0.4) is 0 Å². The molecule has 2 aromatic carbocycles. The summed E-state index contributed by atoms with van der Waals surface area (Å²) in [4.78, 5) is 35.3. The van der Waals surface area contributed by atoms with Gasteiger partial charge in [-0.2, -0.15) is 0 Å². The molecule has 1 saturated heterocycles. The van der Waals surface area contributed by atoms with Gasteiger partial charge in [0, 0.05) is 36.4 Å². The molecule has 0 spiro atoms. The van der Waals surface area contributed by atoms with Crippen molar-refractivity contribution in [3.8, 4) is 11.5 Å². The van der Waals surface area contributed by atoms with E-state index in [9.17, 15) is 35.2 Å². The maximum atomic E-state index is 13.0. The van der Waals surface area contributed by atoms with Crippen LogP contribution >= 0.6 is 0 Å². The molecular weight excluding hydrogens is 406 g/mol. The average molecular weight is 425 g/mol. The third kappa shape index (κ3) is 4.75. The molecule has 0 aliphatic carbocycles. The Kier molecular flexibility index (Phi) is 6.12. The first-order valence-corrected chi connectivity index (χ1v) is 9.32. The highest BCUT2D eigenvalue weighted by Gasteiger charge is 2.26. The van der Waals surface area contributed by atoms with Gasteiger partial charge in [-0.05, 0) is 54.1 Å². The number of nitrogens with zero attached hydrogens (tertiary/aromatic N) is 3. The van der Waals surface area contributed by atoms with Gasteiger partial charge in [0.1, 0.15) is 0 Å². The van der Waals surface area contributed by atoms with Crippen LogP contribution < -0.4 is 0 Å². The van der Waals surface area contributed by atoms with Crippen molar-refractivity contribution in [1.29, 1.82) is 0 Å². The van der Waals surface area contributed by atoms with Crippen LogP contribution in [0.5, 0.6) is 11.5 Å². The quantitative estimate of drug-likeness (QED) is 0.421. The zero-order valence-corrected chi connectivity index (χ0v) is 16.5. The number of aromatic hydroxyl groups is 2. The SMILES string of the molecule is CCN1C/C(=C\c2ccc([N+](=O)[O-])c(O)c2)C(=O)/C(=C/c2ccc([N+](=O)[O-])c(O)c2)C1. The molecule has 0 saturated carbocycles. The van der Waals surface area contributed by atoms with E-state index in [1.54, 1.807) is 12.2 Å². The van der Waals surface area contributed by atoms with Crippen molar-refractivity contribution < 1.29 is 24.9 Å². The van der Waals surface area contributed by atoms with Crippen LogP contribution in [-0.4, -0.2) is 50.4 Å². The highest BCUT2D eigenvalue weighted by Crippen LogP contribution is 2.30. The second kappa shape index (κ2) is 8.76. The fourth-order valence-corrected chi connectivity index (χ4v) is 3.31. The number of phenolic OH excluding ortho intramolecular Hbond substituents is 2. The van der Waals surface area contributed by atoms with Crippen molar-refractivity contribution in [3.63, 3.8) is 0 Å². The Hall–Kier alpha value is -4.05. The number of nitro benzene ring substituents is 2. The minimum Gasteiger partial charge on any atom is -0.502 e. The molecule has 3 rings (SSSR count). The summed E-state index contributed by atoms with van der Waals surface area (Å²) in [5, 5.41) is 41.4. The molecule has 1 aliphatic rings. The summed E-state index contributed by atoms with van der Waals surface area (Å²) in [7, 11) is 0. The topological polar surface area (TPSA) is 147 Å². The van der Waals surface area contributed by atoms with Crippen molar-refractivity contribution >= 4 is 29.3 Å². The summed E-state index contributed by atoms with van der Waals surface area (Å²) in [6.45, 7) is 3.30. The normalized spacial score (nSPS) is 17.3. The van der Waals surface area contributed by atoms with Gasteiger partial charge in [0.05, 0.1) is 9.85 Å². The first-order chi connectivity index (χ1) is 14.7. The predicted molar refractivity (Wildman–Crippen MR) is 113 cm³/mol. The van der Waals surface area contributed by atoms with Crippen molar-refractivity contribution in [2.24, 2.45) is 0 Å². The van der Waals surface area contributed by atoms with Crippen molar-refractivity contribution in [1.82, 2.24) is 4.90 Å². The molecule has 160 valence electrons. The second-order valence-electron chi connectivity index (χ2n) is 6.98. The molecule has 0 atom stereocenters. The second-order valence-corrected chi connectivity index (χ2v) is 6.98. The van der Waals surface area contributed by atoms with E-state index in [1.165, 1.54) is 36.4 Å². The lowest BCUT2D eigenvalue weighted by Gasteiger charge is -2.28. The van der Waals surface area contributed by atoms with Gasteiger partial charge in [0.15, 0.2) is 17.3 Å². The Balaban J connectivity index is 1.96. The number of phenols is 2. The molecule has 0 bridgehead atoms. The van der Waals surface area contributed by atoms with Crippen molar-refractivity contribution in [2.75, 3.05) is 19.6 Å². The number of hydrogen-bond donors (Lipinski definition) is 2. The lowest BCUT2D eigenvalue weighted by Crippen LogP contribution is -2.37. The van der Waals surface area contributed by atoms with Crippen molar-refractivity contribution in [3.05, 3.63) is 78.9 Å². The maximum Gasteiger partial charge on any atom is 0.310 e. The van der Waals surface area contributed by atoms with E-state index in [0.29, 0.717) is 41.9 Å². The summed E-state index contributed by atoms with van der Waals surface area (Å²) in [5.41, 5.74) is 0.891. The number of hydrogen-bond acceptors (Lipinski definition) is 8. The van der Waals surface area contributed by atoms with E-state index >= 15 is 0 Å². The van der Waals surface area contributed by atoms with Crippen LogP contribution in [0.25, 0.3) is 12.2 Å². The van der Waals surface area contributed by atoms with Gasteiger partial charge in [-0.1, -0.05) is 6.92 Å². The van der Waals surface area contributed by atoms with E-state index in [4.69, 9.17) is 0 Å². The van der Waals surface area contributed by atoms with Crippen LogP contribution in [0.4, 0.5) is 11.4 Å². The molecule has 0 unspecified atom stereocenters. The number of carbonyl (C=O) groups is 1. The molecule has 2 aromatic rings. The maximum absolute atomic E-state index is 13.0. The van der Waals surface area contributed by atoms with Gasteiger partial charge >= 0.3 is 11.4 Å². The van der Waals surface area contributed by atoms with Gasteiger partial charge in [-0.25, -0.2) is 0 Å². The predicted octanol–water partition coefficient (Wildman–Crippen LogP) is 3.29. The average Bonchev–Trinajstić information content (AvgIpc) is 2.70. The molecule has 1 heterocycles. The molecular formula is C21H19N3O7. The Morgan fingerprint density at radius 3 is 1.65 bits per heavy atom. The lowest BCUT2D eigenvalue weighted by atomic mass is 9.94. The minimum absolute atomic E-state index is 0.250. The lowest BCUT2D eigenvalue weighted by molar-refractivity contribution is -0.386. The monoisotopic (exact) mass is 425 g/mol. The van der Waals surface area contributed by atoms with Crippen LogP contribution in [0.1, 0.15) is 18.1 Å². The number of Topliss-reactive ketones (excluding diaryl/α,β-unsaturated/α-hetero) is 1. The Morgan fingerprint density at radius 1 is 0.903 bits per heavy atom.